The van der Waals surface area contributed by atoms with Crippen molar-refractivity contribution in [1.82, 2.24) is 10.6 Å². The van der Waals surface area contributed by atoms with E-state index in [0.717, 1.165) is 11.1 Å². The van der Waals surface area contributed by atoms with Crippen LogP contribution in [0.25, 0.3) is 0 Å². The first kappa shape index (κ1) is 25.2. The third-order valence-corrected chi connectivity index (χ3v) is 6.05. The molecule has 9 heteroatoms. The first-order chi connectivity index (χ1) is 17.4. The molecular formula is C27H28BN3O5. The summed E-state index contributed by atoms with van der Waals surface area (Å²) in [7, 11) is -1.77. The normalized spacial score (nSPS) is 17.4. The molecule has 3 aromatic carbocycles. The largest absolute Gasteiger partial charge is 0.475 e. The maximum Gasteiger partial charge on any atom is 0.475 e. The third-order valence-electron chi connectivity index (χ3n) is 6.05. The standard InChI is InChI=1S/C27H28BN3O5/c32-25(22-14-8-3-9-15-22)29-19-23-18-27(36-31-23,17-21-12-6-2-7-13-21)26(33)30-24(28(34)35)16-20-10-4-1-5-11-20/h1-15,24,34-35H,16-19H2,(H,29,32)(H,30,33). The molecule has 0 aromatic heterocycles. The fraction of sp³-hybridized carbons (Fsp3) is 0.222. The summed E-state index contributed by atoms with van der Waals surface area (Å²) in [6, 6.07) is 27.5. The Labute approximate surface area is 210 Å². The van der Waals surface area contributed by atoms with E-state index in [2.05, 4.69) is 15.8 Å². The molecule has 8 nitrogen and oxygen atoms in total. The molecule has 1 heterocycles. The Kier molecular flexibility index (Phi) is 8.15. The lowest BCUT2D eigenvalue weighted by Gasteiger charge is -2.28. The predicted molar refractivity (Wildman–Crippen MR) is 137 cm³/mol. The summed E-state index contributed by atoms with van der Waals surface area (Å²) in [4.78, 5) is 31.8. The second kappa shape index (κ2) is 11.7. The summed E-state index contributed by atoms with van der Waals surface area (Å²) in [5.41, 5.74) is 1.35. The topological polar surface area (TPSA) is 120 Å². The molecule has 0 bridgehead atoms. The Morgan fingerprint density at radius 3 is 2.11 bits per heavy atom. The van der Waals surface area contributed by atoms with Crippen LogP contribution in [0, 0.1) is 0 Å². The predicted octanol–water partition coefficient (Wildman–Crippen LogP) is 1.91. The van der Waals surface area contributed by atoms with E-state index in [4.69, 9.17) is 4.84 Å². The lowest BCUT2D eigenvalue weighted by molar-refractivity contribution is -0.144. The van der Waals surface area contributed by atoms with Gasteiger partial charge < -0.3 is 25.5 Å². The van der Waals surface area contributed by atoms with Gasteiger partial charge in [0.05, 0.1) is 18.2 Å². The average molecular weight is 485 g/mol. The number of rotatable bonds is 10. The second-order valence-corrected chi connectivity index (χ2v) is 8.81. The Hall–Kier alpha value is -3.95. The number of carbonyl (C=O) groups excluding carboxylic acids is 2. The van der Waals surface area contributed by atoms with Gasteiger partial charge in [-0.15, -0.1) is 0 Å². The first-order valence-corrected chi connectivity index (χ1v) is 11.8. The summed E-state index contributed by atoms with van der Waals surface area (Å²) in [6.45, 7) is 0.119. The van der Waals surface area contributed by atoms with Crippen LogP contribution in [0.4, 0.5) is 0 Å². The molecule has 2 unspecified atom stereocenters. The zero-order chi connectivity index (χ0) is 25.4. The van der Waals surface area contributed by atoms with Gasteiger partial charge in [0.15, 0.2) is 0 Å². The highest BCUT2D eigenvalue weighted by atomic mass is 16.7. The minimum absolute atomic E-state index is 0.119. The van der Waals surface area contributed by atoms with E-state index in [1.807, 2.05) is 66.7 Å². The van der Waals surface area contributed by atoms with Crippen molar-refractivity contribution in [3.8, 4) is 0 Å². The molecule has 0 fully saturated rings. The maximum atomic E-state index is 13.6. The molecule has 4 N–H and O–H groups in total. The number of nitrogens with one attached hydrogen (secondary N) is 2. The van der Waals surface area contributed by atoms with E-state index >= 15 is 0 Å². The highest BCUT2D eigenvalue weighted by Crippen LogP contribution is 2.29. The molecule has 4 rings (SSSR count). The minimum Gasteiger partial charge on any atom is -0.426 e. The Morgan fingerprint density at radius 2 is 1.50 bits per heavy atom. The molecule has 2 amide bonds. The van der Waals surface area contributed by atoms with Crippen molar-refractivity contribution in [1.29, 1.82) is 0 Å². The molecule has 184 valence electrons. The molecule has 3 aromatic rings. The van der Waals surface area contributed by atoms with Crippen LogP contribution in [0.5, 0.6) is 0 Å². The summed E-state index contributed by atoms with van der Waals surface area (Å²) in [5.74, 6) is -1.71. The Balaban J connectivity index is 1.47. The van der Waals surface area contributed by atoms with Crippen molar-refractivity contribution >= 4 is 24.6 Å². The van der Waals surface area contributed by atoms with Crippen LogP contribution < -0.4 is 10.6 Å². The lowest BCUT2D eigenvalue weighted by Crippen LogP contribution is -2.56. The van der Waals surface area contributed by atoms with E-state index < -0.39 is 24.6 Å². The number of nitrogens with zero attached hydrogens (tertiary/aromatic N) is 1. The van der Waals surface area contributed by atoms with E-state index in [-0.39, 0.29) is 31.7 Å². The summed E-state index contributed by atoms with van der Waals surface area (Å²) < 4.78 is 0. The van der Waals surface area contributed by atoms with Crippen molar-refractivity contribution in [3.63, 3.8) is 0 Å². The Morgan fingerprint density at radius 1 is 0.917 bits per heavy atom. The number of benzene rings is 3. The van der Waals surface area contributed by atoms with E-state index in [1.165, 1.54) is 0 Å². The zero-order valence-corrected chi connectivity index (χ0v) is 19.7. The SMILES string of the molecule is O=C(NCC1=NOC(Cc2ccccc2)(C(=O)NC(Cc2ccccc2)B(O)O)C1)c1ccccc1. The third kappa shape index (κ3) is 6.38. The van der Waals surface area contributed by atoms with Crippen molar-refractivity contribution < 1.29 is 24.5 Å². The highest BCUT2D eigenvalue weighted by molar-refractivity contribution is 6.43. The van der Waals surface area contributed by atoms with Gasteiger partial charge in [-0.2, -0.15) is 0 Å². The summed E-state index contributed by atoms with van der Waals surface area (Å²) >= 11 is 0. The summed E-state index contributed by atoms with van der Waals surface area (Å²) in [5, 5.41) is 29.6. The molecular weight excluding hydrogens is 457 g/mol. The monoisotopic (exact) mass is 485 g/mol. The fourth-order valence-electron chi connectivity index (χ4n) is 4.14. The van der Waals surface area contributed by atoms with Gasteiger partial charge in [0.2, 0.25) is 5.60 Å². The number of amides is 2. The Bertz CT molecular complexity index is 1190. The zero-order valence-electron chi connectivity index (χ0n) is 19.7. The molecule has 0 spiro atoms. The van der Waals surface area contributed by atoms with Gasteiger partial charge in [-0.05, 0) is 29.7 Å². The van der Waals surface area contributed by atoms with Crippen LogP contribution in [-0.4, -0.2) is 52.8 Å². The van der Waals surface area contributed by atoms with Crippen LogP contribution in [0.1, 0.15) is 27.9 Å². The van der Waals surface area contributed by atoms with E-state index in [9.17, 15) is 19.6 Å². The molecule has 2 atom stereocenters. The van der Waals surface area contributed by atoms with E-state index in [0.29, 0.717) is 11.3 Å². The van der Waals surface area contributed by atoms with Gasteiger partial charge in [0.25, 0.3) is 11.8 Å². The summed E-state index contributed by atoms with van der Waals surface area (Å²) in [6.07, 6.45) is 0.591. The van der Waals surface area contributed by atoms with Gasteiger partial charge in [-0.1, -0.05) is 84.0 Å². The molecule has 0 saturated heterocycles. The number of oxime groups is 1. The van der Waals surface area contributed by atoms with Crippen LogP contribution in [0.2, 0.25) is 0 Å². The quantitative estimate of drug-likeness (QED) is 0.327. The van der Waals surface area contributed by atoms with Gasteiger partial charge >= 0.3 is 7.12 Å². The van der Waals surface area contributed by atoms with Crippen molar-refractivity contribution in [2.45, 2.75) is 30.8 Å². The van der Waals surface area contributed by atoms with Gasteiger partial charge in [-0.25, -0.2) is 0 Å². The second-order valence-electron chi connectivity index (χ2n) is 8.81. The molecule has 0 radical (unpaired) electrons. The molecule has 0 saturated carbocycles. The molecule has 36 heavy (non-hydrogen) atoms. The van der Waals surface area contributed by atoms with Gasteiger partial charge in [-0.3, -0.25) is 9.59 Å². The molecule has 1 aliphatic heterocycles. The minimum atomic E-state index is -1.77. The van der Waals surface area contributed by atoms with Gasteiger partial charge in [0, 0.05) is 18.4 Å². The van der Waals surface area contributed by atoms with Crippen LogP contribution in [0.15, 0.2) is 96.2 Å². The van der Waals surface area contributed by atoms with Crippen molar-refractivity contribution in [3.05, 3.63) is 108 Å². The maximum absolute atomic E-state index is 13.6. The smallest absolute Gasteiger partial charge is 0.426 e. The lowest BCUT2D eigenvalue weighted by atomic mass is 9.75. The van der Waals surface area contributed by atoms with Gasteiger partial charge in [0.1, 0.15) is 0 Å². The van der Waals surface area contributed by atoms with Crippen LogP contribution in [-0.2, 0) is 22.5 Å². The van der Waals surface area contributed by atoms with Crippen LogP contribution in [0.3, 0.4) is 0 Å². The van der Waals surface area contributed by atoms with E-state index in [1.54, 1.807) is 24.3 Å². The van der Waals surface area contributed by atoms with Crippen molar-refractivity contribution in [2.75, 3.05) is 6.54 Å². The number of hydrogen-bond acceptors (Lipinski definition) is 6. The molecule has 0 aliphatic carbocycles. The fourth-order valence-corrected chi connectivity index (χ4v) is 4.14. The first-order valence-electron chi connectivity index (χ1n) is 11.8. The highest BCUT2D eigenvalue weighted by Gasteiger charge is 2.48. The number of hydrogen-bond donors (Lipinski definition) is 4. The number of carbonyl (C=O) groups is 2. The van der Waals surface area contributed by atoms with Crippen LogP contribution >= 0.6 is 0 Å². The molecule has 1 aliphatic rings. The average Bonchev–Trinajstić information content (AvgIpc) is 3.32. The van der Waals surface area contributed by atoms with Crippen molar-refractivity contribution in [2.24, 2.45) is 5.16 Å².